The molecule has 0 amide bonds. The average Bonchev–Trinajstić information content (AvgIpc) is 2.55. The molecule has 1 N–H and O–H groups in total. The minimum atomic E-state index is -3.36. The number of thiophene rings is 1. The van der Waals surface area contributed by atoms with Crippen molar-refractivity contribution in [1.29, 1.82) is 0 Å². The first-order valence-electron chi connectivity index (χ1n) is 5.22. The zero-order valence-corrected chi connectivity index (χ0v) is 13.6. The fourth-order valence-electron chi connectivity index (χ4n) is 1.23. The van der Waals surface area contributed by atoms with Crippen LogP contribution in [-0.4, -0.2) is 20.3 Å². The first-order valence-corrected chi connectivity index (χ1v) is 8.75. The van der Waals surface area contributed by atoms with Crippen molar-refractivity contribution in [3.05, 3.63) is 15.4 Å². The molecule has 1 aromatic heterocycles. The summed E-state index contributed by atoms with van der Waals surface area (Å²) in [7, 11) is -3.36. The van der Waals surface area contributed by atoms with Gasteiger partial charge in [-0.1, -0.05) is 0 Å². The number of nitrogens with one attached hydrogen (secondary N) is 1. The predicted molar refractivity (Wildman–Crippen MR) is 76.5 cm³/mol. The molecule has 1 rings (SSSR count). The lowest BCUT2D eigenvalue weighted by molar-refractivity contribution is 0.578. The van der Waals surface area contributed by atoms with Gasteiger partial charge in [0.25, 0.3) is 0 Å². The molecule has 0 spiro atoms. The molecule has 0 aliphatic carbocycles. The van der Waals surface area contributed by atoms with E-state index in [1.807, 2.05) is 13.8 Å². The van der Waals surface area contributed by atoms with Crippen molar-refractivity contribution < 1.29 is 8.42 Å². The zero-order chi connectivity index (χ0) is 13.1. The number of halogens is 2. The van der Waals surface area contributed by atoms with Gasteiger partial charge < -0.3 is 0 Å². The molecule has 0 radical (unpaired) electrons. The molecule has 0 saturated carbocycles. The van der Waals surface area contributed by atoms with E-state index in [2.05, 4.69) is 20.7 Å². The monoisotopic (exact) mass is 359 g/mol. The van der Waals surface area contributed by atoms with Crippen LogP contribution in [0, 0.1) is 6.92 Å². The Morgan fingerprint density at radius 1 is 1.59 bits per heavy atom. The fourth-order valence-corrected chi connectivity index (χ4v) is 4.72. The number of hydrogen-bond donors (Lipinski definition) is 1. The van der Waals surface area contributed by atoms with Gasteiger partial charge in [0.05, 0.1) is 3.79 Å². The van der Waals surface area contributed by atoms with Crippen molar-refractivity contribution in [2.45, 2.75) is 36.3 Å². The molecule has 98 valence electrons. The fraction of sp³-hybridized carbons (Fsp3) is 0.600. The minimum Gasteiger partial charge on any atom is -0.210 e. The summed E-state index contributed by atoms with van der Waals surface area (Å²) in [6.45, 7) is 4.19. The van der Waals surface area contributed by atoms with Gasteiger partial charge in [0.1, 0.15) is 4.21 Å². The number of aryl methyl sites for hydroxylation is 1. The van der Waals surface area contributed by atoms with E-state index in [-0.39, 0.29) is 5.38 Å². The van der Waals surface area contributed by atoms with Crippen LogP contribution in [0.15, 0.2) is 14.1 Å². The molecule has 7 heteroatoms. The highest BCUT2D eigenvalue weighted by molar-refractivity contribution is 9.11. The second-order valence-electron chi connectivity index (χ2n) is 3.84. The lowest BCUT2D eigenvalue weighted by Gasteiger charge is -2.05. The molecule has 17 heavy (non-hydrogen) atoms. The topological polar surface area (TPSA) is 46.2 Å². The van der Waals surface area contributed by atoms with Crippen molar-refractivity contribution >= 4 is 48.9 Å². The van der Waals surface area contributed by atoms with Crippen LogP contribution in [0.2, 0.25) is 0 Å². The summed E-state index contributed by atoms with van der Waals surface area (Å²) in [6.07, 6.45) is 1.55. The van der Waals surface area contributed by atoms with Crippen molar-refractivity contribution in [3.8, 4) is 0 Å². The van der Waals surface area contributed by atoms with Crippen molar-refractivity contribution in [3.63, 3.8) is 0 Å². The maximum absolute atomic E-state index is 11.9. The molecule has 0 bridgehead atoms. The summed E-state index contributed by atoms with van der Waals surface area (Å²) in [5, 5.41) is 0.0811. The first kappa shape index (κ1) is 15.4. The summed E-state index contributed by atoms with van der Waals surface area (Å²) in [5.41, 5.74) is 0.935. The van der Waals surface area contributed by atoms with E-state index in [0.717, 1.165) is 22.2 Å². The third-order valence-corrected chi connectivity index (χ3v) is 6.46. The van der Waals surface area contributed by atoms with Gasteiger partial charge >= 0.3 is 0 Å². The summed E-state index contributed by atoms with van der Waals surface area (Å²) in [4.78, 5) is 0. The normalized spacial score (nSPS) is 13.9. The largest absolute Gasteiger partial charge is 0.250 e. The van der Waals surface area contributed by atoms with Gasteiger partial charge in [-0.2, -0.15) is 0 Å². The number of hydrogen-bond acceptors (Lipinski definition) is 3. The second kappa shape index (κ2) is 6.52. The zero-order valence-electron chi connectivity index (χ0n) is 9.66. The van der Waals surface area contributed by atoms with Crippen LogP contribution >= 0.6 is 38.9 Å². The van der Waals surface area contributed by atoms with Crippen LogP contribution in [0.4, 0.5) is 0 Å². The van der Waals surface area contributed by atoms with Crippen molar-refractivity contribution in [1.82, 2.24) is 4.72 Å². The molecular formula is C10H15BrClNO2S2. The Morgan fingerprint density at radius 2 is 2.24 bits per heavy atom. The summed E-state index contributed by atoms with van der Waals surface area (Å²) < 4.78 is 27.6. The Kier molecular flexibility index (Phi) is 5.92. The van der Waals surface area contributed by atoms with E-state index >= 15 is 0 Å². The number of alkyl halides is 1. The highest BCUT2D eigenvalue weighted by Crippen LogP contribution is 2.30. The Balaban J connectivity index is 2.57. The Bertz CT molecular complexity index is 451. The molecule has 0 saturated heterocycles. The predicted octanol–water partition coefficient (Wildman–Crippen LogP) is 3.50. The highest BCUT2D eigenvalue weighted by Gasteiger charge is 2.17. The third-order valence-electron chi connectivity index (χ3n) is 2.17. The van der Waals surface area contributed by atoms with Crippen LogP contribution in [0.1, 0.15) is 25.3 Å². The molecule has 0 aromatic carbocycles. The first-order chi connectivity index (χ1) is 7.83. The van der Waals surface area contributed by atoms with Gasteiger partial charge in [-0.3, -0.25) is 0 Å². The van der Waals surface area contributed by atoms with E-state index in [4.69, 9.17) is 11.6 Å². The van der Waals surface area contributed by atoms with E-state index < -0.39 is 10.0 Å². The molecule has 3 nitrogen and oxygen atoms in total. The maximum atomic E-state index is 11.9. The molecule has 0 aliphatic heterocycles. The van der Waals surface area contributed by atoms with Gasteiger partial charge in [0.15, 0.2) is 0 Å². The molecule has 1 atom stereocenters. The Morgan fingerprint density at radius 3 is 2.71 bits per heavy atom. The van der Waals surface area contributed by atoms with E-state index in [1.165, 1.54) is 11.3 Å². The number of sulfonamides is 1. The smallest absolute Gasteiger partial charge is 0.210 e. The van der Waals surface area contributed by atoms with Crippen LogP contribution in [-0.2, 0) is 10.0 Å². The number of rotatable bonds is 6. The van der Waals surface area contributed by atoms with Crippen molar-refractivity contribution in [2.75, 3.05) is 6.54 Å². The molecule has 1 heterocycles. The molecular weight excluding hydrogens is 346 g/mol. The molecule has 0 aliphatic rings. The van der Waals surface area contributed by atoms with Crippen LogP contribution < -0.4 is 4.72 Å². The SMILES string of the molecule is Cc1cc(S(=O)(=O)NCCCC(C)Cl)sc1Br. The third kappa shape index (κ3) is 4.87. The van der Waals surface area contributed by atoms with Crippen LogP contribution in [0.3, 0.4) is 0 Å². The van der Waals surface area contributed by atoms with Crippen molar-refractivity contribution in [2.24, 2.45) is 0 Å². The summed E-state index contributed by atoms with van der Waals surface area (Å²) in [6, 6.07) is 1.67. The lowest BCUT2D eigenvalue weighted by Crippen LogP contribution is -2.24. The van der Waals surface area contributed by atoms with Gasteiger partial charge in [-0.05, 0) is 54.2 Å². The minimum absolute atomic E-state index is 0.0811. The van der Waals surface area contributed by atoms with Crippen LogP contribution in [0.25, 0.3) is 0 Å². The Hall–Kier alpha value is 0.380. The standard InChI is InChI=1S/C10H15BrClNO2S2/c1-7-6-9(16-10(7)11)17(14,15)13-5-3-4-8(2)12/h6,8,13H,3-5H2,1-2H3. The van der Waals surface area contributed by atoms with E-state index in [9.17, 15) is 8.42 Å². The Labute approximate surface area is 120 Å². The summed E-state index contributed by atoms with van der Waals surface area (Å²) >= 11 is 10.3. The summed E-state index contributed by atoms with van der Waals surface area (Å²) in [5.74, 6) is 0. The van der Waals surface area contributed by atoms with E-state index in [1.54, 1.807) is 6.07 Å². The maximum Gasteiger partial charge on any atom is 0.250 e. The van der Waals surface area contributed by atoms with Crippen LogP contribution in [0.5, 0.6) is 0 Å². The van der Waals surface area contributed by atoms with Gasteiger partial charge in [0, 0.05) is 11.9 Å². The molecule has 1 aromatic rings. The molecule has 0 fully saturated rings. The molecule has 1 unspecified atom stereocenters. The quantitative estimate of drug-likeness (QED) is 0.623. The lowest BCUT2D eigenvalue weighted by atomic mass is 10.2. The second-order valence-corrected chi connectivity index (χ2v) is 8.95. The van der Waals surface area contributed by atoms with E-state index in [0.29, 0.717) is 10.8 Å². The highest BCUT2D eigenvalue weighted by atomic mass is 79.9. The van der Waals surface area contributed by atoms with Gasteiger partial charge in [-0.15, -0.1) is 22.9 Å². The van der Waals surface area contributed by atoms with Gasteiger partial charge in [0.2, 0.25) is 10.0 Å². The van der Waals surface area contributed by atoms with Gasteiger partial charge in [-0.25, -0.2) is 13.1 Å². The average molecular weight is 361 g/mol.